The van der Waals surface area contributed by atoms with Gasteiger partial charge in [-0.15, -0.1) is 24.0 Å². The zero-order chi connectivity index (χ0) is 22.1. The van der Waals surface area contributed by atoms with E-state index in [1.54, 1.807) is 0 Å². The molecule has 0 radical (unpaired) electrons. The second kappa shape index (κ2) is 13.2. The maximum Gasteiger partial charge on any atom is 0.222 e. The maximum atomic E-state index is 14.1. The summed E-state index contributed by atoms with van der Waals surface area (Å²) < 4.78 is 27.2. The van der Waals surface area contributed by atoms with Crippen molar-refractivity contribution in [2.45, 2.75) is 32.4 Å². The van der Waals surface area contributed by atoms with Gasteiger partial charge in [0.05, 0.1) is 12.2 Å². The molecule has 3 rings (SSSR count). The summed E-state index contributed by atoms with van der Waals surface area (Å²) in [6.45, 7) is 4.78. The van der Waals surface area contributed by atoms with E-state index in [2.05, 4.69) is 20.9 Å². The molecule has 1 aliphatic rings. The van der Waals surface area contributed by atoms with Crippen molar-refractivity contribution in [3.8, 4) is 0 Å². The van der Waals surface area contributed by atoms with Gasteiger partial charge < -0.3 is 20.9 Å². The Labute approximate surface area is 204 Å². The minimum atomic E-state index is -0.579. The second-order valence-corrected chi connectivity index (χ2v) is 7.44. The van der Waals surface area contributed by atoms with Crippen LogP contribution in [0.4, 0.5) is 14.5 Å². The van der Waals surface area contributed by atoms with Gasteiger partial charge in [0, 0.05) is 44.7 Å². The summed E-state index contributed by atoms with van der Waals surface area (Å²) in [5.74, 6) is -0.556. The van der Waals surface area contributed by atoms with E-state index in [4.69, 9.17) is 0 Å². The van der Waals surface area contributed by atoms with Gasteiger partial charge in [-0.3, -0.25) is 9.79 Å². The zero-order valence-electron chi connectivity index (χ0n) is 18.1. The van der Waals surface area contributed by atoms with E-state index < -0.39 is 11.6 Å². The predicted molar refractivity (Wildman–Crippen MR) is 134 cm³/mol. The lowest BCUT2D eigenvalue weighted by Gasteiger charge is -2.21. The fourth-order valence-electron chi connectivity index (χ4n) is 3.50. The molecule has 0 spiro atoms. The standard InChI is InChI=1S/C23H29F2N5O.HI/c1-2-26-23(27-12-10-22(31)28-15-17-6-4-3-5-7-17)29-19-11-13-30(16-19)21-9-8-18(24)14-20(21)25;/h3-9,14,19H,2,10-13,15-16H2,1H3,(H,28,31)(H2,26,27,29);1H. The van der Waals surface area contributed by atoms with Crippen molar-refractivity contribution < 1.29 is 13.6 Å². The molecule has 1 fully saturated rings. The molecule has 1 aliphatic heterocycles. The van der Waals surface area contributed by atoms with Gasteiger partial charge in [-0.05, 0) is 31.0 Å². The number of nitrogens with zero attached hydrogens (tertiary/aromatic N) is 2. The highest BCUT2D eigenvalue weighted by molar-refractivity contribution is 14.0. The first kappa shape index (κ1) is 25.8. The number of benzene rings is 2. The molecule has 6 nitrogen and oxygen atoms in total. The summed E-state index contributed by atoms with van der Waals surface area (Å²) in [4.78, 5) is 18.5. The van der Waals surface area contributed by atoms with Crippen LogP contribution >= 0.6 is 24.0 Å². The van der Waals surface area contributed by atoms with E-state index in [1.807, 2.05) is 42.2 Å². The summed E-state index contributed by atoms with van der Waals surface area (Å²) in [5.41, 5.74) is 1.46. The third-order valence-corrected chi connectivity index (χ3v) is 5.07. The van der Waals surface area contributed by atoms with E-state index in [-0.39, 0.29) is 35.9 Å². The molecule has 2 aromatic rings. The molecule has 9 heteroatoms. The summed E-state index contributed by atoms with van der Waals surface area (Å²) in [7, 11) is 0. The molecule has 3 N–H and O–H groups in total. The number of amides is 1. The first-order chi connectivity index (χ1) is 15.0. The Kier molecular flexibility index (Phi) is 10.6. The molecule has 1 atom stereocenters. The predicted octanol–water partition coefficient (Wildman–Crippen LogP) is 3.42. The van der Waals surface area contributed by atoms with Crippen LogP contribution in [0.3, 0.4) is 0 Å². The number of carbonyl (C=O) groups is 1. The summed E-state index contributed by atoms with van der Waals surface area (Å²) in [6, 6.07) is 13.5. The Morgan fingerprint density at radius 2 is 1.94 bits per heavy atom. The Morgan fingerprint density at radius 1 is 1.16 bits per heavy atom. The highest BCUT2D eigenvalue weighted by Gasteiger charge is 2.25. The van der Waals surface area contributed by atoms with Crippen LogP contribution in [0.15, 0.2) is 53.5 Å². The van der Waals surface area contributed by atoms with Crippen molar-refractivity contribution in [2.24, 2.45) is 4.99 Å². The number of nitrogens with one attached hydrogen (secondary N) is 3. The lowest BCUT2D eigenvalue weighted by atomic mass is 10.2. The molecule has 1 amide bonds. The number of guanidine groups is 1. The number of carbonyl (C=O) groups excluding carboxylic acids is 1. The summed E-state index contributed by atoms with van der Waals surface area (Å²) >= 11 is 0. The normalized spacial score (nSPS) is 15.8. The Hall–Kier alpha value is -2.43. The smallest absolute Gasteiger partial charge is 0.222 e. The quantitative estimate of drug-likeness (QED) is 0.265. The van der Waals surface area contributed by atoms with Crippen LogP contribution in [0.25, 0.3) is 0 Å². The molecule has 1 saturated heterocycles. The zero-order valence-corrected chi connectivity index (χ0v) is 20.4. The fraction of sp³-hybridized carbons (Fsp3) is 0.391. The highest BCUT2D eigenvalue weighted by atomic mass is 127. The average molecular weight is 557 g/mol. The van der Waals surface area contributed by atoms with E-state index >= 15 is 0 Å². The van der Waals surface area contributed by atoms with Crippen LogP contribution in [-0.4, -0.2) is 44.1 Å². The third-order valence-electron chi connectivity index (χ3n) is 5.07. The monoisotopic (exact) mass is 557 g/mol. The molecule has 174 valence electrons. The van der Waals surface area contributed by atoms with Crippen molar-refractivity contribution in [1.29, 1.82) is 0 Å². The first-order valence-corrected chi connectivity index (χ1v) is 10.6. The molecular formula is C23H30F2IN5O. The highest BCUT2D eigenvalue weighted by Crippen LogP contribution is 2.24. The van der Waals surface area contributed by atoms with Crippen LogP contribution in [0.5, 0.6) is 0 Å². The first-order valence-electron chi connectivity index (χ1n) is 10.6. The number of rotatable bonds is 8. The minimum absolute atomic E-state index is 0. The van der Waals surface area contributed by atoms with Crippen molar-refractivity contribution in [2.75, 3.05) is 31.1 Å². The van der Waals surface area contributed by atoms with Gasteiger partial charge >= 0.3 is 0 Å². The molecule has 1 heterocycles. The van der Waals surface area contributed by atoms with Gasteiger partial charge in [0.15, 0.2) is 5.96 Å². The molecular weight excluding hydrogens is 527 g/mol. The number of hydrogen-bond donors (Lipinski definition) is 3. The topological polar surface area (TPSA) is 68.8 Å². The van der Waals surface area contributed by atoms with Crippen LogP contribution in [0.2, 0.25) is 0 Å². The molecule has 0 aromatic heterocycles. The lowest BCUT2D eigenvalue weighted by Crippen LogP contribution is -2.44. The Balaban J connectivity index is 0.00000363. The van der Waals surface area contributed by atoms with Crippen LogP contribution in [-0.2, 0) is 11.3 Å². The second-order valence-electron chi connectivity index (χ2n) is 7.44. The van der Waals surface area contributed by atoms with Gasteiger partial charge in [-0.2, -0.15) is 0 Å². The van der Waals surface area contributed by atoms with Gasteiger partial charge in [0.1, 0.15) is 11.6 Å². The minimum Gasteiger partial charge on any atom is -0.367 e. The van der Waals surface area contributed by atoms with Gasteiger partial charge in [-0.1, -0.05) is 30.3 Å². The maximum absolute atomic E-state index is 14.1. The van der Waals surface area contributed by atoms with Crippen LogP contribution in [0.1, 0.15) is 25.3 Å². The van der Waals surface area contributed by atoms with Crippen molar-refractivity contribution in [1.82, 2.24) is 16.0 Å². The third kappa shape index (κ3) is 7.92. The van der Waals surface area contributed by atoms with Gasteiger partial charge in [0.25, 0.3) is 0 Å². The van der Waals surface area contributed by atoms with E-state index in [0.717, 1.165) is 18.1 Å². The number of halogens is 3. The van der Waals surface area contributed by atoms with Crippen molar-refractivity contribution in [3.05, 3.63) is 65.7 Å². The van der Waals surface area contributed by atoms with E-state index in [1.165, 1.54) is 12.1 Å². The molecule has 2 aromatic carbocycles. The Bertz CT molecular complexity index is 897. The fourth-order valence-corrected chi connectivity index (χ4v) is 3.50. The summed E-state index contributed by atoms with van der Waals surface area (Å²) in [5, 5.41) is 9.42. The number of aliphatic imine (C=N–C) groups is 1. The lowest BCUT2D eigenvalue weighted by molar-refractivity contribution is -0.121. The SMILES string of the molecule is CCNC(=NCCC(=O)NCc1ccccc1)NC1CCN(c2ccc(F)cc2F)C1.I. The molecule has 0 aliphatic carbocycles. The Morgan fingerprint density at radius 3 is 2.66 bits per heavy atom. The van der Waals surface area contributed by atoms with E-state index in [9.17, 15) is 13.6 Å². The van der Waals surface area contributed by atoms with Crippen molar-refractivity contribution >= 4 is 41.5 Å². The number of anilines is 1. The van der Waals surface area contributed by atoms with Gasteiger partial charge in [0.2, 0.25) is 5.91 Å². The van der Waals surface area contributed by atoms with Crippen molar-refractivity contribution in [3.63, 3.8) is 0 Å². The summed E-state index contributed by atoms with van der Waals surface area (Å²) in [6.07, 6.45) is 1.10. The van der Waals surface area contributed by atoms with Gasteiger partial charge in [-0.25, -0.2) is 8.78 Å². The largest absolute Gasteiger partial charge is 0.367 e. The molecule has 1 unspecified atom stereocenters. The molecule has 0 saturated carbocycles. The molecule has 0 bridgehead atoms. The molecule has 32 heavy (non-hydrogen) atoms. The van der Waals surface area contributed by atoms with E-state index in [0.29, 0.717) is 50.8 Å². The van der Waals surface area contributed by atoms with Crippen LogP contribution < -0.4 is 20.9 Å². The average Bonchev–Trinajstić information content (AvgIpc) is 3.21. The number of hydrogen-bond acceptors (Lipinski definition) is 3. The van der Waals surface area contributed by atoms with Crippen LogP contribution in [0, 0.1) is 11.6 Å².